The third-order valence-electron chi connectivity index (χ3n) is 2.62. The van der Waals surface area contributed by atoms with Crippen LogP contribution >= 0.6 is 11.8 Å². The first-order valence-corrected chi connectivity index (χ1v) is 6.35. The van der Waals surface area contributed by atoms with Crippen LogP contribution in [0.15, 0.2) is 47.6 Å². The summed E-state index contributed by atoms with van der Waals surface area (Å²) in [7, 11) is 0. The van der Waals surface area contributed by atoms with Gasteiger partial charge in [-0.1, -0.05) is 53.3 Å². The quantitative estimate of drug-likeness (QED) is 0.839. The van der Waals surface area contributed by atoms with Crippen molar-refractivity contribution in [2.45, 2.75) is 6.29 Å². The van der Waals surface area contributed by atoms with Crippen LogP contribution in [-0.2, 0) is 4.84 Å². The molecule has 0 bridgehead atoms. The molecule has 2 aromatic rings. The smallest absolute Gasteiger partial charge is 0.233 e. The Kier molecular flexibility index (Phi) is 2.74. The molecule has 0 amide bonds. The molecule has 3 rings (SSSR count). The van der Waals surface area contributed by atoms with Crippen molar-refractivity contribution in [3.8, 4) is 0 Å². The van der Waals surface area contributed by atoms with E-state index in [1.165, 1.54) is 22.5 Å². The lowest BCUT2D eigenvalue weighted by Crippen LogP contribution is -2.19. The molecule has 0 saturated heterocycles. The van der Waals surface area contributed by atoms with Crippen molar-refractivity contribution in [3.05, 3.63) is 48.0 Å². The molecule has 0 fully saturated rings. The van der Waals surface area contributed by atoms with Gasteiger partial charge >= 0.3 is 0 Å². The zero-order chi connectivity index (χ0) is 11.7. The third kappa shape index (κ3) is 2.14. The first-order chi connectivity index (χ1) is 8.33. The fraction of sp³-hybridized carbons (Fsp3) is 0.154. The first kappa shape index (κ1) is 10.6. The number of aliphatic hydroxyl groups excluding tert-OH is 1. The minimum Gasteiger partial charge on any atom is -0.362 e. The van der Waals surface area contributed by atoms with Crippen LogP contribution in [0.5, 0.6) is 0 Å². The minimum absolute atomic E-state index is 0.520. The summed E-state index contributed by atoms with van der Waals surface area (Å²) in [6, 6.07) is 14.4. The molecule has 4 heteroatoms. The highest BCUT2D eigenvalue weighted by Gasteiger charge is 2.16. The van der Waals surface area contributed by atoms with Crippen LogP contribution < -0.4 is 0 Å². The average Bonchev–Trinajstić information content (AvgIpc) is 2.39. The van der Waals surface area contributed by atoms with E-state index in [1.54, 1.807) is 0 Å². The lowest BCUT2D eigenvalue weighted by Gasteiger charge is -2.16. The molecule has 1 N–H and O–H groups in total. The van der Waals surface area contributed by atoms with Crippen LogP contribution in [0.25, 0.3) is 10.8 Å². The van der Waals surface area contributed by atoms with Gasteiger partial charge in [-0.25, -0.2) is 0 Å². The predicted octanol–water partition coefficient (Wildman–Crippen LogP) is 2.58. The van der Waals surface area contributed by atoms with Crippen LogP contribution in [-0.4, -0.2) is 22.2 Å². The maximum atomic E-state index is 9.20. The van der Waals surface area contributed by atoms with E-state index in [9.17, 15) is 5.11 Å². The van der Waals surface area contributed by atoms with E-state index in [1.807, 2.05) is 18.2 Å². The molecule has 1 aliphatic rings. The summed E-state index contributed by atoms with van der Waals surface area (Å²) in [5.74, 6) is 0.520. The molecule has 0 saturated carbocycles. The summed E-state index contributed by atoms with van der Waals surface area (Å²) in [6.45, 7) is 0. The van der Waals surface area contributed by atoms with Crippen LogP contribution in [0.1, 0.15) is 5.56 Å². The highest BCUT2D eigenvalue weighted by molar-refractivity contribution is 8.14. The molecule has 2 aromatic carbocycles. The van der Waals surface area contributed by atoms with E-state index in [2.05, 4.69) is 29.4 Å². The summed E-state index contributed by atoms with van der Waals surface area (Å²) in [4.78, 5) is 4.88. The summed E-state index contributed by atoms with van der Waals surface area (Å²) in [6.07, 6.45) is -0.788. The Labute approximate surface area is 103 Å². The Morgan fingerprint density at radius 2 is 2.00 bits per heavy atom. The number of hydrogen-bond donors (Lipinski definition) is 1. The second-order valence-electron chi connectivity index (χ2n) is 3.83. The van der Waals surface area contributed by atoms with Gasteiger partial charge in [-0.3, -0.25) is 0 Å². The molecule has 1 aliphatic heterocycles. The van der Waals surface area contributed by atoms with Crippen LogP contribution in [0.3, 0.4) is 0 Å². The molecule has 86 valence electrons. The summed E-state index contributed by atoms with van der Waals surface area (Å²) in [5, 5.41) is 16.3. The van der Waals surface area contributed by atoms with Crippen molar-refractivity contribution in [1.29, 1.82) is 0 Å². The van der Waals surface area contributed by atoms with Crippen molar-refractivity contribution >= 4 is 27.6 Å². The Hall–Kier alpha value is -1.52. The maximum absolute atomic E-state index is 9.20. The summed E-state index contributed by atoms with van der Waals surface area (Å²) < 4.78 is 0. The number of nitrogens with zero attached hydrogens (tertiary/aromatic N) is 1. The fourth-order valence-corrected chi connectivity index (χ4v) is 2.52. The molecule has 17 heavy (non-hydrogen) atoms. The minimum atomic E-state index is -0.788. The van der Waals surface area contributed by atoms with Gasteiger partial charge in [-0.15, -0.1) is 0 Å². The number of hydrogen-bond acceptors (Lipinski definition) is 4. The number of aliphatic hydroxyl groups is 1. The second kappa shape index (κ2) is 4.39. The van der Waals surface area contributed by atoms with E-state index < -0.39 is 6.29 Å². The van der Waals surface area contributed by atoms with E-state index in [-0.39, 0.29) is 0 Å². The number of fused-ring (bicyclic) bond motifs is 1. The van der Waals surface area contributed by atoms with Gasteiger partial charge in [-0.05, 0) is 16.8 Å². The van der Waals surface area contributed by atoms with E-state index in [0.717, 1.165) is 10.6 Å². The van der Waals surface area contributed by atoms with Gasteiger partial charge in [0.1, 0.15) is 5.04 Å². The molecule has 3 nitrogen and oxygen atoms in total. The van der Waals surface area contributed by atoms with Gasteiger partial charge in [0.15, 0.2) is 0 Å². The highest BCUT2D eigenvalue weighted by atomic mass is 32.2. The number of oxime groups is 1. The Balaban J connectivity index is 2.01. The first-order valence-electron chi connectivity index (χ1n) is 5.37. The van der Waals surface area contributed by atoms with Gasteiger partial charge in [0.25, 0.3) is 0 Å². The summed E-state index contributed by atoms with van der Waals surface area (Å²) >= 11 is 1.51. The van der Waals surface area contributed by atoms with Crippen molar-refractivity contribution in [2.24, 2.45) is 5.16 Å². The van der Waals surface area contributed by atoms with Crippen molar-refractivity contribution in [2.75, 3.05) is 5.75 Å². The molecule has 0 spiro atoms. The molecule has 1 atom stereocenters. The monoisotopic (exact) mass is 245 g/mol. The van der Waals surface area contributed by atoms with Crippen LogP contribution in [0.2, 0.25) is 0 Å². The van der Waals surface area contributed by atoms with Gasteiger partial charge in [0, 0.05) is 5.56 Å². The zero-order valence-corrected chi connectivity index (χ0v) is 9.85. The number of benzene rings is 2. The second-order valence-corrected chi connectivity index (χ2v) is 4.84. The van der Waals surface area contributed by atoms with Crippen LogP contribution in [0, 0.1) is 0 Å². The van der Waals surface area contributed by atoms with Gasteiger partial charge in [-0.2, -0.15) is 0 Å². The average molecular weight is 245 g/mol. The third-order valence-corrected chi connectivity index (χ3v) is 3.65. The molecular formula is C13H11NO2S. The Morgan fingerprint density at radius 1 is 1.18 bits per heavy atom. The van der Waals surface area contributed by atoms with E-state index in [4.69, 9.17) is 4.84 Å². The largest absolute Gasteiger partial charge is 0.362 e. The standard InChI is InChI=1S/C13H11NO2S/c15-12-8-17-13(14-16-12)11-6-5-9-3-1-2-4-10(9)7-11/h1-7,12,15H,8H2. The SMILES string of the molecule is OC1CSC(c2ccc3ccccc3c2)=NO1. The molecular weight excluding hydrogens is 234 g/mol. The topological polar surface area (TPSA) is 41.8 Å². The fourth-order valence-electron chi connectivity index (χ4n) is 1.77. The van der Waals surface area contributed by atoms with Crippen molar-refractivity contribution < 1.29 is 9.94 Å². The van der Waals surface area contributed by atoms with Gasteiger partial charge < -0.3 is 9.94 Å². The lowest BCUT2D eigenvalue weighted by molar-refractivity contribution is -0.0813. The number of thioether (sulfide) groups is 1. The summed E-state index contributed by atoms with van der Waals surface area (Å²) in [5.41, 5.74) is 1.03. The van der Waals surface area contributed by atoms with Crippen LogP contribution in [0.4, 0.5) is 0 Å². The number of rotatable bonds is 1. The molecule has 0 aliphatic carbocycles. The molecule has 0 radical (unpaired) electrons. The Morgan fingerprint density at radius 3 is 2.76 bits per heavy atom. The molecule has 1 heterocycles. The van der Waals surface area contributed by atoms with E-state index in [0.29, 0.717) is 5.75 Å². The van der Waals surface area contributed by atoms with E-state index >= 15 is 0 Å². The maximum Gasteiger partial charge on any atom is 0.233 e. The van der Waals surface area contributed by atoms with Crippen molar-refractivity contribution in [1.82, 2.24) is 0 Å². The lowest BCUT2D eigenvalue weighted by atomic mass is 10.1. The molecule has 1 unspecified atom stereocenters. The van der Waals surface area contributed by atoms with Gasteiger partial charge in [0.2, 0.25) is 6.29 Å². The van der Waals surface area contributed by atoms with Gasteiger partial charge in [0.05, 0.1) is 5.75 Å². The normalized spacial score (nSPS) is 19.8. The zero-order valence-electron chi connectivity index (χ0n) is 9.04. The Bertz CT molecular complexity index is 582. The predicted molar refractivity (Wildman–Crippen MR) is 70.0 cm³/mol. The van der Waals surface area contributed by atoms with Crippen molar-refractivity contribution in [3.63, 3.8) is 0 Å². The molecule has 0 aromatic heterocycles. The highest BCUT2D eigenvalue weighted by Crippen LogP contribution is 2.23.